The molecule has 0 bridgehead atoms. The molecular weight excluding hydrogens is 228 g/mol. The van der Waals surface area contributed by atoms with Crippen molar-refractivity contribution in [3.63, 3.8) is 0 Å². The lowest BCUT2D eigenvalue weighted by Gasteiger charge is -2.41. The molecule has 2 unspecified atom stereocenters. The Morgan fingerprint density at radius 1 is 1.50 bits per heavy atom. The zero-order chi connectivity index (χ0) is 13.1. The maximum absolute atomic E-state index is 11.9. The molecule has 0 saturated carbocycles. The van der Waals surface area contributed by atoms with E-state index in [-0.39, 0.29) is 24.6 Å². The SMILES string of the molecule is Cc1cccc(N2C(C)CNC(=O)C2CCO)c1. The number of nitrogens with zero attached hydrogens (tertiary/aromatic N) is 1. The van der Waals surface area contributed by atoms with Crippen LogP contribution in [0.2, 0.25) is 0 Å². The van der Waals surface area contributed by atoms with Crippen LogP contribution < -0.4 is 10.2 Å². The third kappa shape index (κ3) is 2.48. The zero-order valence-corrected chi connectivity index (χ0v) is 10.9. The Hall–Kier alpha value is -1.55. The van der Waals surface area contributed by atoms with Crippen LogP contribution in [-0.4, -0.2) is 36.2 Å². The number of nitrogens with one attached hydrogen (secondary N) is 1. The van der Waals surface area contributed by atoms with Crippen LogP contribution >= 0.6 is 0 Å². The first-order chi connectivity index (χ1) is 8.63. The van der Waals surface area contributed by atoms with E-state index in [1.807, 2.05) is 25.1 Å². The van der Waals surface area contributed by atoms with Crippen molar-refractivity contribution in [2.24, 2.45) is 0 Å². The highest BCUT2D eigenvalue weighted by Crippen LogP contribution is 2.24. The predicted octanol–water partition coefficient (Wildman–Crippen LogP) is 1.07. The summed E-state index contributed by atoms with van der Waals surface area (Å²) in [7, 11) is 0. The fraction of sp³-hybridized carbons (Fsp3) is 0.500. The van der Waals surface area contributed by atoms with Gasteiger partial charge in [-0.3, -0.25) is 4.79 Å². The van der Waals surface area contributed by atoms with Crippen LogP contribution in [-0.2, 0) is 4.79 Å². The quantitative estimate of drug-likeness (QED) is 0.841. The first-order valence-electron chi connectivity index (χ1n) is 6.37. The summed E-state index contributed by atoms with van der Waals surface area (Å²) in [6, 6.07) is 8.10. The molecule has 1 heterocycles. The number of carbonyl (C=O) groups is 1. The number of aliphatic hydroxyl groups excluding tert-OH is 1. The van der Waals surface area contributed by atoms with Crippen molar-refractivity contribution >= 4 is 11.6 Å². The standard InChI is InChI=1S/C14H20N2O2/c1-10-4-3-5-12(8-10)16-11(2)9-15-14(18)13(16)6-7-17/h3-5,8,11,13,17H,6-7,9H2,1-2H3,(H,15,18). The molecule has 0 aliphatic carbocycles. The van der Waals surface area contributed by atoms with Gasteiger partial charge in [0, 0.05) is 24.9 Å². The Kier molecular flexibility index (Phi) is 3.87. The Labute approximate surface area is 108 Å². The first-order valence-corrected chi connectivity index (χ1v) is 6.37. The van der Waals surface area contributed by atoms with Gasteiger partial charge in [0.15, 0.2) is 0 Å². The van der Waals surface area contributed by atoms with Gasteiger partial charge in [0.05, 0.1) is 0 Å². The van der Waals surface area contributed by atoms with Crippen molar-refractivity contribution in [1.82, 2.24) is 5.32 Å². The van der Waals surface area contributed by atoms with Crippen molar-refractivity contribution in [3.05, 3.63) is 29.8 Å². The fourth-order valence-corrected chi connectivity index (χ4v) is 2.51. The van der Waals surface area contributed by atoms with Gasteiger partial charge in [-0.25, -0.2) is 0 Å². The monoisotopic (exact) mass is 248 g/mol. The number of carbonyl (C=O) groups excluding carboxylic acids is 1. The lowest BCUT2D eigenvalue weighted by atomic mass is 10.0. The molecule has 1 aliphatic rings. The summed E-state index contributed by atoms with van der Waals surface area (Å²) in [6.45, 7) is 4.80. The molecule has 1 fully saturated rings. The van der Waals surface area contributed by atoms with E-state index in [4.69, 9.17) is 5.11 Å². The molecule has 98 valence electrons. The van der Waals surface area contributed by atoms with Gasteiger partial charge >= 0.3 is 0 Å². The summed E-state index contributed by atoms with van der Waals surface area (Å²) >= 11 is 0. The molecule has 1 aromatic rings. The highest BCUT2D eigenvalue weighted by atomic mass is 16.3. The van der Waals surface area contributed by atoms with Gasteiger partial charge in [-0.05, 0) is 38.0 Å². The van der Waals surface area contributed by atoms with Crippen LogP contribution in [0.4, 0.5) is 5.69 Å². The summed E-state index contributed by atoms with van der Waals surface area (Å²) in [5, 5.41) is 12.0. The second kappa shape index (κ2) is 5.40. The molecule has 18 heavy (non-hydrogen) atoms. The number of piperazine rings is 1. The fourth-order valence-electron chi connectivity index (χ4n) is 2.51. The number of amides is 1. The average Bonchev–Trinajstić information content (AvgIpc) is 2.34. The van der Waals surface area contributed by atoms with Gasteiger partial charge in [-0.15, -0.1) is 0 Å². The molecule has 4 nitrogen and oxygen atoms in total. The Bertz CT molecular complexity index is 434. The molecule has 1 amide bonds. The van der Waals surface area contributed by atoms with E-state index in [2.05, 4.69) is 23.2 Å². The predicted molar refractivity (Wildman–Crippen MR) is 71.6 cm³/mol. The highest BCUT2D eigenvalue weighted by molar-refractivity contribution is 5.86. The minimum atomic E-state index is -0.277. The van der Waals surface area contributed by atoms with Gasteiger partial charge in [0.25, 0.3) is 0 Å². The normalized spacial score (nSPS) is 23.9. The summed E-state index contributed by atoms with van der Waals surface area (Å²) in [6.07, 6.45) is 0.462. The Morgan fingerprint density at radius 2 is 2.28 bits per heavy atom. The minimum absolute atomic E-state index is 0.00339. The number of benzene rings is 1. The minimum Gasteiger partial charge on any atom is -0.396 e. The van der Waals surface area contributed by atoms with Crippen molar-refractivity contribution < 1.29 is 9.90 Å². The van der Waals surface area contributed by atoms with E-state index >= 15 is 0 Å². The van der Waals surface area contributed by atoms with Gasteiger partial charge in [0.2, 0.25) is 5.91 Å². The van der Waals surface area contributed by atoms with E-state index in [1.54, 1.807) is 0 Å². The van der Waals surface area contributed by atoms with E-state index in [1.165, 1.54) is 5.56 Å². The molecule has 1 aromatic carbocycles. The van der Waals surface area contributed by atoms with Crippen molar-refractivity contribution in [3.8, 4) is 0 Å². The second-order valence-corrected chi connectivity index (χ2v) is 4.87. The summed E-state index contributed by atoms with van der Waals surface area (Å²) in [4.78, 5) is 14.0. The average molecular weight is 248 g/mol. The van der Waals surface area contributed by atoms with Gasteiger partial charge in [-0.1, -0.05) is 12.1 Å². The van der Waals surface area contributed by atoms with Crippen LogP contribution in [0.1, 0.15) is 18.9 Å². The molecular formula is C14H20N2O2. The van der Waals surface area contributed by atoms with Gasteiger partial charge in [0.1, 0.15) is 6.04 Å². The van der Waals surface area contributed by atoms with E-state index in [0.717, 1.165) is 5.69 Å². The second-order valence-electron chi connectivity index (χ2n) is 4.87. The zero-order valence-electron chi connectivity index (χ0n) is 10.9. The number of hydrogen-bond donors (Lipinski definition) is 2. The largest absolute Gasteiger partial charge is 0.396 e. The molecule has 2 atom stereocenters. The lowest BCUT2D eigenvalue weighted by molar-refractivity contribution is -0.124. The third-order valence-electron chi connectivity index (χ3n) is 3.39. The smallest absolute Gasteiger partial charge is 0.242 e. The van der Waals surface area contributed by atoms with E-state index < -0.39 is 0 Å². The molecule has 0 radical (unpaired) electrons. The summed E-state index contributed by atoms with van der Waals surface area (Å²) < 4.78 is 0. The number of anilines is 1. The van der Waals surface area contributed by atoms with Crippen LogP contribution in [0.15, 0.2) is 24.3 Å². The summed E-state index contributed by atoms with van der Waals surface area (Å²) in [5.41, 5.74) is 2.23. The number of aliphatic hydroxyl groups is 1. The van der Waals surface area contributed by atoms with Crippen molar-refractivity contribution in [2.45, 2.75) is 32.4 Å². The third-order valence-corrected chi connectivity index (χ3v) is 3.39. The maximum atomic E-state index is 11.9. The molecule has 4 heteroatoms. The van der Waals surface area contributed by atoms with Crippen LogP contribution in [0.3, 0.4) is 0 Å². The molecule has 1 aliphatic heterocycles. The van der Waals surface area contributed by atoms with Crippen molar-refractivity contribution in [2.75, 3.05) is 18.1 Å². The lowest BCUT2D eigenvalue weighted by Crippen LogP contribution is -2.60. The molecule has 0 aromatic heterocycles. The number of rotatable bonds is 3. The molecule has 0 spiro atoms. The number of hydrogen-bond acceptors (Lipinski definition) is 3. The highest BCUT2D eigenvalue weighted by Gasteiger charge is 2.33. The van der Waals surface area contributed by atoms with Crippen LogP contribution in [0.25, 0.3) is 0 Å². The van der Waals surface area contributed by atoms with Crippen LogP contribution in [0.5, 0.6) is 0 Å². The molecule has 1 saturated heterocycles. The van der Waals surface area contributed by atoms with Gasteiger partial charge in [-0.2, -0.15) is 0 Å². The molecule has 2 N–H and O–H groups in total. The van der Waals surface area contributed by atoms with E-state index in [0.29, 0.717) is 13.0 Å². The maximum Gasteiger partial charge on any atom is 0.242 e. The van der Waals surface area contributed by atoms with E-state index in [9.17, 15) is 4.79 Å². The topological polar surface area (TPSA) is 52.6 Å². The summed E-state index contributed by atoms with van der Waals surface area (Å²) in [5.74, 6) is 0.00339. The first kappa shape index (κ1) is 12.9. The number of aryl methyl sites for hydroxylation is 1. The molecule has 2 rings (SSSR count). The van der Waals surface area contributed by atoms with Crippen LogP contribution in [0, 0.1) is 6.92 Å². The Morgan fingerprint density at radius 3 is 2.94 bits per heavy atom. The van der Waals surface area contributed by atoms with Gasteiger partial charge < -0.3 is 15.3 Å². The Balaban J connectivity index is 2.33. The van der Waals surface area contributed by atoms with Crippen molar-refractivity contribution in [1.29, 1.82) is 0 Å².